The van der Waals surface area contributed by atoms with Crippen molar-refractivity contribution >= 4 is 31.9 Å². The van der Waals surface area contributed by atoms with Gasteiger partial charge in [-0.05, 0) is 36.5 Å². The Morgan fingerprint density at radius 1 is 1.24 bits per heavy atom. The van der Waals surface area contributed by atoms with Gasteiger partial charge in [0, 0.05) is 15.4 Å². The molecule has 0 amide bonds. The number of benzene rings is 1. The van der Waals surface area contributed by atoms with Gasteiger partial charge in [0.2, 0.25) is 0 Å². The van der Waals surface area contributed by atoms with Crippen LogP contribution in [0.2, 0.25) is 0 Å². The Bertz CT molecular complexity index is 381. The Labute approximate surface area is 121 Å². The molecule has 1 nitrogen and oxygen atoms in total. The summed E-state index contributed by atoms with van der Waals surface area (Å²) in [6.07, 6.45) is 1.06. The van der Waals surface area contributed by atoms with Crippen LogP contribution in [-0.2, 0) is 5.33 Å². The number of aryl methyl sites for hydroxylation is 1. The normalized spacial score (nSPS) is 11.6. The van der Waals surface area contributed by atoms with Gasteiger partial charge in [0.15, 0.2) is 0 Å². The third-order valence-electron chi connectivity index (χ3n) is 2.56. The van der Waals surface area contributed by atoms with Gasteiger partial charge in [-0.15, -0.1) is 0 Å². The van der Waals surface area contributed by atoms with E-state index in [1.165, 1.54) is 11.1 Å². The van der Waals surface area contributed by atoms with Gasteiger partial charge in [-0.25, -0.2) is 0 Å². The zero-order chi connectivity index (χ0) is 13.1. The lowest BCUT2D eigenvalue weighted by Crippen LogP contribution is -2.12. The summed E-state index contributed by atoms with van der Waals surface area (Å²) in [6.45, 7) is 9.55. The molecule has 0 aliphatic rings. The van der Waals surface area contributed by atoms with Crippen LogP contribution in [0.25, 0.3) is 0 Å². The molecule has 1 aromatic rings. The van der Waals surface area contributed by atoms with Crippen LogP contribution in [0.4, 0.5) is 0 Å². The summed E-state index contributed by atoms with van der Waals surface area (Å²) in [5, 5.41) is 0.818. The van der Waals surface area contributed by atoms with Crippen molar-refractivity contribution in [3.8, 4) is 5.75 Å². The number of alkyl halides is 1. The van der Waals surface area contributed by atoms with Gasteiger partial charge in [-0.3, -0.25) is 0 Å². The van der Waals surface area contributed by atoms with Crippen molar-refractivity contribution in [1.82, 2.24) is 0 Å². The largest absolute Gasteiger partial charge is 0.493 e. The molecule has 0 saturated heterocycles. The molecule has 17 heavy (non-hydrogen) atoms. The van der Waals surface area contributed by atoms with Crippen LogP contribution >= 0.6 is 31.9 Å². The molecule has 96 valence electrons. The quantitative estimate of drug-likeness (QED) is 0.644. The SMILES string of the molecule is Cc1cc(Br)cc(CBr)c1OCCC(C)(C)C. The topological polar surface area (TPSA) is 9.23 Å². The van der Waals surface area contributed by atoms with Crippen molar-refractivity contribution in [1.29, 1.82) is 0 Å². The molecule has 0 aromatic heterocycles. The molecular formula is C14H20Br2O. The standard InChI is InChI=1S/C14H20Br2O/c1-10-7-12(16)8-11(9-15)13(10)17-6-5-14(2,3)4/h7-8H,5-6,9H2,1-4H3. The minimum atomic E-state index is 0.317. The van der Waals surface area contributed by atoms with Gasteiger partial charge in [-0.1, -0.05) is 52.6 Å². The highest BCUT2D eigenvalue weighted by molar-refractivity contribution is 9.10. The zero-order valence-corrected chi connectivity index (χ0v) is 14.1. The first kappa shape index (κ1) is 15.0. The fourth-order valence-corrected chi connectivity index (χ4v) is 2.60. The summed E-state index contributed by atoms with van der Waals surface area (Å²) in [5.41, 5.74) is 2.70. The van der Waals surface area contributed by atoms with Crippen LogP contribution in [0.5, 0.6) is 5.75 Å². The minimum absolute atomic E-state index is 0.317. The van der Waals surface area contributed by atoms with E-state index in [0.29, 0.717) is 5.41 Å². The lowest BCUT2D eigenvalue weighted by Gasteiger charge is -2.20. The number of hydrogen-bond acceptors (Lipinski definition) is 1. The first-order valence-corrected chi connectivity index (χ1v) is 7.73. The van der Waals surface area contributed by atoms with Crippen LogP contribution < -0.4 is 4.74 Å². The molecule has 0 aliphatic carbocycles. The van der Waals surface area contributed by atoms with Crippen LogP contribution in [-0.4, -0.2) is 6.61 Å². The molecule has 0 bridgehead atoms. The molecule has 0 heterocycles. The summed E-state index contributed by atoms with van der Waals surface area (Å²) in [4.78, 5) is 0. The molecule has 0 atom stereocenters. The number of halogens is 2. The molecule has 3 heteroatoms. The summed E-state index contributed by atoms with van der Waals surface area (Å²) in [5.74, 6) is 1.02. The molecule has 0 radical (unpaired) electrons. The predicted octanol–water partition coefficient (Wildman–Crippen LogP) is 5.47. The highest BCUT2D eigenvalue weighted by atomic mass is 79.9. The summed E-state index contributed by atoms with van der Waals surface area (Å²) in [7, 11) is 0. The average molecular weight is 364 g/mol. The third-order valence-corrected chi connectivity index (χ3v) is 3.62. The lowest BCUT2D eigenvalue weighted by atomic mass is 9.93. The highest BCUT2D eigenvalue weighted by Gasteiger charge is 2.12. The molecule has 0 unspecified atom stereocenters. The third kappa shape index (κ3) is 5.01. The van der Waals surface area contributed by atoms with E-state index in [2.05, 4.69) is 71.7 Å². The van der Waals surface area contributed by atoms with Crippen LogP contribution in [0, 0.1) is 12.3 Å². The second-order valence-electron chi connectivity index (χ2n) is 5.50. The van der Waals surface area contributed by atoms with Gasteiger partial charge in [0.05, 0.1) is 6.61 Å². The summed E-state index contributed by atoms with van der Waals surface area (Å²) < 4.78 is 7.04. The molecule has 0 saturated carbocycles. The van der Waals surface area contributed by atoms with Crippen molar-refractivity contribution in [2.24, 2.45) is 5.41 Å². The number of rotatable bonds is 4. The Hall–Kier alpha value is -0.0200. The van der Waals surface area contributed by atoms with E-state index in [9.17, 15) is 0 Å². The Balaban J connectivity index is 2.76. The minimum Gasteiger partial charge on any atom is -0.493 e. The fourth-order valence-electron chi connectivity index (χ4n) is 1.56. The van der Waals surface area contributed by atoms with Gasteiger partial charge in [0.1, 0.15) is 5.75 Å². The van der Waals surface area contributed by atoms with Crippen molar-refractivity contribution in [3.05, 3.63) is 27.7 Å². The van der Waals surface area contributed by atoms with Gasteiger partial charge < -0.3 is 4.74 Å². The fraction of sp³-hybridized carbons (Fsp3) is 0.571. The second kappa shape index (κ2) is 6.24. The molecule has 1 rings (SSSR count). The summed E-state index contributed by atoms with van der Waals surface area (Å²) in [6, 6.07) is 4.20. The molecule has 0 spiro atoms. The van der Waals surface area contributed by atoms with Crippen molar-refractivity contribution in [2.75, 3.05) is 6.61 Å². The molecule has 0 fully saturated rings. The first-order valence-electron chi connectivity index (χ1n) is 5.81. The van der Waals surface area contributed by atoms with Crippen molar-refractivity contribution in [3.63, 3.8) is 0 Å². The van der Waals surface area contributed by atoms with E-state index in [1.54, 1.807) is 0 Å². The van der Waals surface area contributed by atoms with E-state index in [4.69, 9.17) is 4.74 Å². The lowest BCUT2D eigenvalue weighted by molar-refractivity contribution is 0.240. The van der Waals surface area contributed by atoms with Gasteiger partial charge in [-0.2, -0.15) is 0 Å². The zero-order valence-electron chi connectivity index (χ0n) is 10.9. The van der Waals surface area contributed by atoms with E-state index >= 15 is 0 Å². The van der Waals surface area contributed by atoms with Crippen LogP contribution in [0.3, 0.4) is 0 Å². The Kier molecular flexibility index (Phi) is 5.52. The van der Waals surface area contributed by atoms with Gasteiger partial charge >= 0.3 is 0 Å². The monoisotopic (exact) mass is 362 g/mol. The molecule has 0 N–H and O–H groups in total. The van der Waals surface area contributed by atoms with Gasteiger partial charge in [0.25, 0.3) is 0 Å². The maximum atomic E-state index is 5.94. The van der Waals surface area contributed by atoms with Crippen molar-refractivity contribution < 1.29 is 4.74 Å². The van der Waals surface area contributed by atoms with Crippen LogP contribution in [0.1, 0.15) is 38.3 Å². The molecule has 1 aromatic carbocycles. The molecule has 0 aliphatic heterocycles. The Morgan fingerprint density at radius 3 is 2.41 bits per heavy atom. The first-order chi connectivity index (χ1) is 7.83. The summed E-state index contributed by atoms with van der Waals surface area (Å²) >= 11 is 7.02. The average Bonchev–Trinajstić information content (AvgIpc) is 2.18. The van der Waals surface area contributed by atoms with Crippen LogP contribution in [0.15, 0.2) is 16.6 Å². The van der Waals surface area contributed by atoms with E-state index in [-0.39, 0.29) is 0 Å². The smallest absolute Gasteiger partial charge is 0.126 e. The molecular weight excluding hydrogens is 344 g/mol. The Morgan fingerprint density at radius 2 is 1.88 bits per heavy atom. The highest BCUT2D eigenvalue weighted by Crippen LogP contribution is 2.30. The number of ether oxygens (including phenoxy) is 1. The van der Waals surface area contributed by atoms with E-state index < -0.39 is 0 Å². The van der Waals surface area contributed by atoms with Crippen molar-refractivity contribution in [2.45, 2.75) is 39.4 Å². The number of hydrogen-bond donors (Lipinski definition) is 0. The maximum absolute atomic E-state index is 5.94. The van der Waals surface area contributed by atoms with E-state index in [0.717, 1.165) is 28.6 Å². The maximum Gasteiger partial charge on any atom is 0.126 e. The predicted molar refractivity (Wildman–Crippen MR) is 81.1 cm³/mol. The van der Waals surface area contributed by atoms with E-state index in [1.807, 2.05) is 0 Å². The second-order valence-corrected chi connectivity index (χ2v) is 6.98.